The molecule has 1 aliphatic heterocycles. The van der Waals surface area contributed by atoms with Crippen LogP contribution in [0.1, 0.15) is 46.3 Å². The molecule has 1 aliphatic rings. The van der Waals surface area contributed by atoms with Crippen LogP contribution in [0.2, 0.25) is 0 Å². The normalized spacial score (nSPS) is 32.0. The molecule has 1 N–H and O–H groups in total. The van der Waals surface area contributed by atoms with Crippen molar-refractivity contribution in [3.8, 4) is 0 Å². The Hall–Kier alpha value is -1.39. The standard InChI is InChI=1S/C16H22O4/c1-14(2,3)16(5)19-13(18)15(4,20-16)12(17)11-9-7-6-8-10-11/h6-10,12,17H,1-5H3/t12-,15+,16+/m0/s1. The third kappa shape index (κ3) is 2.23. The van der Waals surface area contributed by atoms with Crippen LogP contribution in [0.5, 0.6) is 0 Å². The molecule has 1 saturated heterocycles. The van der Waals surface area contributed by atoms with Gasteiger partial charge in [-0.05, 0) is 12.5 Å². The van der Waals surface area contributed by atoms with E-state index >= 15 is 0 Å². The van der Waals surface area contributed by atoms with Crippen LogP contribution in [0.15, 0.2) is 30.3 Å². The molecule has 1 aromatic carbocycles. The van der Waals surface area contributed by atoms with Crippen LogP contribution in [0, 0.1) is 5.41 Å². The summed E-state index contributed by atoms with van der Waals surface area (Å²) in [6.45, 7) is 9.10. The molecule has 1 aromatic rings. The molecule has 0 radical (unpaired) electrons. The topological polar surface area (TPSA) is 55.8 Å². The molecule has 0 unspecified atom stereocenters. The van der Waals surface area contributed by atoms with E-state index in [1.165, 1.54) is 0 Å². The predicted octanol–water partition coefficient (Wildman–Crippen LogP) is 2.81. The number of aliphatic hydroxyl groups excluding tert-OH is 1. The molecular formula is C16H22O4. The number of cyclic esters (lactones) is 1. The maximum Gasteiger partial charge on any atom is 0.343 e. The number of hydrogen-bond acceptors (Lipinski definition) is 4. The molecule has 4 heteroatoms. The molecule has 0 saturated carbocycles. The Kier molecular flexibility index (Phi) is 3.43. The van der Waals surface area contributed by atoms with Crippen molar-refractivity contribution in [3.63, 3.8) is 0 Å². The number of ether oxygens (including phenoxy) is 2. The van der Waals surface area contributed by atoms with Crippen molar-refractivity contribution in [3.05, 3.63) is 35.9 Å². The molecule has 20 heavy (non-hydrogen) atoms. The number of esters is 1. The fourth-order valence-corrected chi connectivity index (χ4v) is 2.17. The summed E-state index contributed by atoms with van der Waals surface area (Å²) < 4.78 is 11.4. The van der Waals surface area contributed by atoms with Crippen molar-refractivity contribution < 1.29 is 19.4 Å². The number of hydrogen-bond donors (Lipinski definition) is 1. The minimum atomic E-state index is -1.40. The maximum atomic E-state index is 12.3. The van der Waals surface area contributed by atoms with Crippen molar-refractivity contribution in [2.75, 3.05) is 0 Å². The van der Waals surface area contributed by atoms with Gasteiger partial charge in [-0.3, -0.25) is 0 Å². The van der Waals surface area contributed by atoms with Crippen LogP contribution in [0.4, 0.5) is 0 Å². The average molecular weight is 278 g/mol. The van der Waals surface area contributed by atoms with E-state index < -0.39 is 28.9 Å². The van der Waals surface area contributed by atoms with Gasteiger partial charge < -0.3 is 14.6 Å². The minimum absolute atomic E-state index is 0.392. The first-order valence-electron chi connectivity index (χ1n) is 6.77. The lowest BCUT2D eigenvalue weighted by Crippen LogP contribution is -2.45. The van der Waals surface area contributed by atoms with E-state index in [0.29, 0.717) is 5.56 Å². The zero-order chi connectivity index (χ0) is 15.2. The van der Waals surface area contributed by atoms with Crippen LogP contribution < -0.4 is 0 Å². The number of rotatable bonds is 2. The maximum absolute atomic E-state index is 12.3. The van der Waals surface area contributed by atoms with Gasteiger partial charge in [0, 0.05) is 12.3 Å². The second kappa shape index (κ2) is 4.57. The number of benzene rings is 1. The monoisotopic (exact) mass is 278 g/mol. The minimum Gasteiger partial charge on any atom is -0.431 e. The molecule has 1 heterocycles. The Morgan fingerprint density at radius 3 is 2.15 bits per heavy atom. The smallest absolute Gasteiger partial charge is 0.343 e. The van der Waals surface area contributed by atoms with E-state index in [0.717, 1.165) is 0 Å². The second-order valence-corrected chi connectivity index (χ2v) is 6.61. The lowest BCUT2D eigenvalue weighted by atomic mass is 9.86. The highest BCUT2D eigenvalue weighted by atomic mass is 16.8. The van der Waals surface area contributed by atoms with Crippen LogP contribution in [0.3, 0.4) is 0 Å². The summed E-state index contributed by atoms with van der Waals surface area (Å²) in [5.41, 5.74) is -1.16. The van der Waals surface area contributed by atoms with E-state index in [2.05, 4.69) is 0 Å². The molecule has 1 fully saturated rings. The molecule has 0 bridgehead atoms. The Bertz CT molecular complexity index is 505. The number of aliphatic hydroxyl groups is 1. The van der Waals surface area contributed by atoms with Crippen LogP contribution in [0.25, 0.3) is 0 Å². The summed E-state index contributed by atoms with van der Waals surface area (Å²) >= 11 is 0. The largest absolute Gasteiger partial charge is 0.431 e. The Balaban J connectivity index is 2.35. The molecule has 0 aromatic heterocycles. The first-order valence-corrected chi connectivity index (χ1v) is 6.77. The second-order valence-electron chi connectivity index (χ2n) is 6.61. The summed E-state index contributed by atoms with van der Waals surface area (Å²) in [4.78, 5) is 12.3. The predicted molar refractivity (Wildman–Crippen MR) is 74.8 cm³/mol. The van der Waals surface area contributed by atoms with Crippen LogP contribution >= 0.6 is 0 Å². The quantitative estimate of drug-likeness (QED) is 0.845. The van der Waals surface area contributed by atoms with E-state index in [-0.39, 0.29) is 0 Å². The summed E-state index contributed by atoms with van der Waals surface area (Å²) in [7, 11) is 0. The SMILES string of the molecule is CC(C)(C)[C@]1(C)OC(=O)[C@@](C)([C@@H](O)c2ccccc2)O1. The Morgan fingerprint density at radius 1 is 1.15 bits per heavy atom. The van der Waals surface area contributed by atoms with E-state index in [1.54, 1.807) is 26.0 Å². The fourth-order valence-electron chi connectivity index (χ4n) is 2.17. The van der Waals surface area contributed by atoms with Gasteiger partial charge in [0.15, 0.2) is 5.60 Å². The summed E-state index contributed by atoms with van der Waals surface area (Å²) in [5, 5.41) is 10.5. The van der Waals surface area contributed by atoms with Crippen LogP contribution in [-0.2, 0) is 14.3 Å². The van der Waals surface area contributed by atoms with Crippen molar-refractivity contribution in [1.82, 2.24) is 0 Å². The molecule has 3 atom stereocenters. The van der Waals surface area contributed by atoms with E-state index in [4.69, 9.17) is 9.47 Å². The number of carbonyl (C=O) groups excluding carboxylic acids is 1. The van der Waals surface area contributed by atoms with Gasteiger partial charge in [-0.15, -0.1) is 0 Å². The number of carbonyl (C=O) groups is 1. The first-order chi connectivity index (χ1) is 9.10. The van der Waals surface area contributed by atoms with Crippen LogP contribution in [-0.4, -0.2) is 22.5 Å². The summed E-state index contributed by atoms with van der Waals surface area (Å²) in [5.74, 6) is -1.60. The van der Waals surface area contributed by atoms with Gasteiger partial charge in [0.25, 0.3) is 0 Å². The van der Waals surface area contributed by atoms with Crippen molar-refractivity contribution in [2.45, 2.75) is 52.1 Å². The van der Waals surface area contributed by atoms with Gasteiger partial charge in [0.2, 0.25) is 5.79 Å². The van der Waals surface area contributed by atoms with E-state index in [9.17, 15) is 9.90 Å². The highest BCUT2D eigenvalue weighted by molar-refractivity contribution is 5.82. The van der Waals surface area contributed by atoms with Gasteiger partial charge in [0.1, 0.15) is 6.10 Å². The third-order valence-corrected chi connectivity index (χ3v) is 4.10. The van der Waals surface area contributed by atoms with E-state index in [1.807, 2.05) is 39.0 Å². The van der Waals surface area contributed by atoms with Gasteiger partial charge in [0.05, 0.1) is 0 Å². The first kappa shape index (κ1) is 15.0. The fraction of sp³-hybridized carbons (Fsp3) is 0.562. The van der Waals surface area contributed by atoms with Gasteiger partial charge >= 0.3 is 5.97 Å². The summed E-state index contributed by atoms with van der Waals surface area (Å²) in [6, 6.07) is 9.00. The highest BCUT2D eigenvalue weighted by Crippen LogP contribution is 2.47. The van der Waals surface area contributed by atoms with Crippen molar-refractivity contribution >= 4 is 5.97 Å². The molecule has 0 spiro atoms. The lowest BCUT2D eigenvalue weighted by Gasteiger charge is -2.37. The van der Waals surface area contributed by atoms with Crippen molar-refractivity contribution in [2.24, 2.45) is 5.41 Å². The molecule has 2 rings (SSSR count). The molecule has 0 aliphatic carbocycles. The third-order valence-electron chi connectivity index (χ3n) is 4.10. The van der Waals surface area contributed by atoms with Gasteiger partial charge in [-0.1, -0.05) is 51.1 Å². The average Bonchev–Trinajstić information content (AvgIpc) is 2.61. The Labute approximate surface area is 119 Å². The molecular weight excluding hydrogens is 256 g/mol. The molecule has 0 amide bonds. The zero-order valence-electron chi connectivity index (χ0n) is 12.6. The molecule has 110 valence electrons. The zero-order valence-corrected chi connectivity index (χ0v) is 12.6. The lowest BCUT2D eigenvalue weighted by molar-refractivity contribution is -0.242. The summed E-state index contributed by atoms with van der Waals surface area (Å²) in [6.07, 6.45) is -1.07. The Morgan fingerprint density at radius 2 is 1.70 bits per heavy atom. The van der Waals surface area contributed by atoms with Crippen molar-refractivity contribution in [1.29, 1.82) is 0 Å². The van der Waals surface area contributed by atoms with Gasteiger partial charge in [-0.2, -0.15) is 0 Å². The molecule has 4 nitrogen and oxygen atoms in total. The van der Waals surface area contributed by atoms with Gasteiger partial charge in [-0.25, -0.2) is 4.79 Å². The highest BCUT2D eigenvalue weighted by Gasteiger charge is 2.61.